The van der Waals surface area contributed by atoms with E-state index in [9.17, 15) is 29.4 Å². The lowest BCUT2D eigenvalue weighted by atomic mass is 10.0. The van der Waals surface area contributed by atoms with Gasteiger partial charge in [0.25, 0.3) is 0 Å². The Balaban J connectivity index is 1.40. The number of hydrogen-bond donors (Lipinski definition) is 6. The number of para-hydroxylation sites is 1. The fraction of sp³-hybridized carbons (Fsp3) is 0.200. The molecule has 9 nitrogen and oxygen atoms in total. The molecule has 40 heavy (non-hydrogen) atoms. The van der Waals surface area contributed by atoms with Crippen LogP contribution in [-0.2, 0) is 32.0 Å². The summed E-state index contributed by atoms with van der Waals surface area (Å²) in [5.41, 5.74) is 4.40. The molecular formula is C30H29N3O6S. The quantitative estimate of drug-likeness (QED) is 0.147. The summed E-state index contributed by atoms with van der Waals surface area (Å²) in [6.07, 6.45) is 1.15. The van der Waals surface area contributed by atoms with Gasteiger partial charge in [0.15, 0.2) is 0 Å². The van der Waals surface area contributed by atoms with Gasteiger partial charge < -0.3 is 25.8 Å². The Morgan fingerprint density at radius 3 is 2.05 bits per heavy atom. The van der Waals surface area contributed by atoms with Crippen LogP contribution in [0.3, 0.4) is 0 Å². The van der Waals surface area contributed by atoms with E-state index in [0.29, 0.717) is 5.56 Å². The van der Waals surface area contributed by atoms with E-state index in [2.05, 4.69) is 28.2 Å². The molecule has 206 valence electrons. The minimum atomic E-state index is -1.48. The summed E-state index contributed by atoms with van der Waals surface area (Å²) in [5, 5.41) is 23.8. The van der Waals surface area contributed by atoms with E-state index >= 15 is 0 Å². The number of hydrogen-bond acceptors (Lipinski definition) is 5. The van der Waals surface area contributed by atoms with Crippen LogP contribution >= 0.6 is 12.6 Å². The van der Waals surface area contributed by atoms with Crippen molar-refractivity contribution in [3.63, 3.8) is 0 Å². The SMILES string of the molecule is O=C(O)CC(NC(=O)[C@@H](S)Cc1ccc(-c2ccccc2)cc1)C(=O)N[C@@H](Cc1c[nH]c2ccccc12)C(=O)O. The molecule has 0 spiro atoms. The van der Waals surface area contributed by atoms with E-state index in [4.69, 9.17) is 0 Å². The molecule has 0 radical (unpaired) electrons. The molecule has 1 unspecified atom stereocenters. The highest BCUT2D eigenvalue weighted by Crippen LogP contribution is 2.21. The second kappa shape index (κ2) is 13.0. The fourth-order valence-electron chi connectivity index (χ4n) is 4.42. The molecule has 10 heteroatoms. The normalized spacial score (nSPS) is 13.2. The third-order valence-electron chi connectivity index (χ3n) is 6.52. The van der Waals surface area contributed by atoms with Crippen molar-refractivity contribution in [1.29, 1.82) is 0 Å². The van der Waals surface area contributed by atoms with E-state index in [1.807, 2.05) is 78.9 Å². The lowest BCUT2D eigenvalue weighted by Crippen LogP contribution is -2.54. The van der Waals surface area contributed by atoms with Gasteiger partial charge >= 0.3 is 11.9 Å². The number of nitrogens with one attached hydrogen (secondary N) is 3. The topological polar surface area (TPSA) is 149 Å². The number of amides is 2. The molecule has 0 aliphatic carbocycles. The lowest BCUT2D eigenvalue weighted by molar-refractivity contribution is -0.143. The molecule has 0 saturated heterocycles. The number of benzene rings is 3. The van der Waals surface area contributed by atoms with Gasteiger partial charge in [-0.2, -0.15) is 12.6 Å². The zero-order chi connectivity index (χ0) is 28.6. The number of carboxylic acid groups (broad SMARTS) is 2. The van der Waals surface area contributed by atoms with Crippen LogP contribution in [0.1, 0.15) is 17.5 Å². The number of thiol groups is 1. The van der Waals surface area contributed by atoms with E-state index in [-0.39, 0.29) is 12.8 Å². The van der Waals surface area contributed by atoms with Crippen LogP contribution < -0.4 is 10.6 Å². The smallest absolute Gasteiger partial charge is 0.326 e. The number of carbonyl (C=O) groups excluding carboxylic acids is 2. The van der Waals surface area contributed by atoms with Gasteiger partial charge in [-0.05, 0) is 34.7 Å². The van der Waals surface area contributed by atoms with Gasteiger partial charge in [-0.15, -0.1) is 0 Å². The number of aromatic amines is 1. The number of carboxylic acids is 2. The summed E-state index contributed by atoms with van der Waals surface area (Å²) in [5.74, 6) is -4.16. The van der Waals surface area contributed by atoms with Gasteiger partial charge in [0.2, 0.25) is 11.8 Å². The molecule has 4 rings (SSSR count). The van der Waals surface area contributed by atoms with Crippen LogP contribution in [0.15, 0.2) is 85.1 Å². The maximum absolute atomic E-state index is 13.0. The van der Waals surface area contributed by atoms with Crippen LogP contribution in [0, 0.1) is 0 Å². The number of fused-ring (bicyclic) bond motifs is 1. The standard InChI is InChI=1S/C30H29N3O6S/c34-27(35)16-24(28(36)33-25(30(38)39)15-21-17-31-23-9-5-4-8-22(21)23)32-29(37)26(40)14-18-10-12-20(13-11-18)19-6-2-1-3-7-19/h1-13,17,24-26,31,40H,14-16H2,(H,32,37)(H,33,36)(H,34,35)(H,38,39)/t24?,25-,26-/m0/s1. The fourth-order valence-corrected chi connectivity index (χ4v) is 4.71. The predicted molar refractivity (Wildman–Crippen MR) is 154 cm³/mol. The van der Waals surface area contributed by atoms with Crippen molar-refractivity contribution >= 4 is 47.3 Å². The van der Waals surface area contributed by atoms with Crippen LogP contribution in [0.2, 0.25) is 0 Å². The minimum absolute atomic E-state index is 0.0347. The van der Waals surface area contributed by atoms with E-state index in [1.165, 1.54) is 0 Å². The van der Waals surface area contributed by atoms with Crippen molar-refractivity contribution in [1.82, 2.24) is 15.6 Å². The number of aromatic nitrogens is 1. The molecule has 1 heterocycles. The third kappa shape index (κ3) is 7.29. The second-order valence-electron chi connectivity index (χ2n) is 9.40. The summed E-state index contributed by atoms with van der Waals surface area (Å²) in [6.45, 7) is 0. The summed E-state index contributed by atoms with van der Waals surface area (Å²) >= 11 is 4.37. The van der Waals surface area contributed by atoms with Crippen LogP contribution in [0.4, 0.5) is 0 Å². The first kappa shape index (κ1) is 28.4. The minimum Gasteiger partial charge on any atom is -0.481 e. The Labute approximate surface area is 236 Å². The first-order valence-corrected chi connectivity index (χ1v) is 13.2. The van der Waals surface area contributed by atoms with Crippen LogP contribution in [-0.4, -0.2) is 56.3 Å². The molecule has 1 aromatic heterocycles. The zero-order valence-electron chi connectivity index (χ0n) is 21.4. The second-order valence-corrected chi connectivity index (χ2v) is 10.0. The van der Waals surface area contributed by atoms with Crippen molar-refractivity contribution in [2.24, 2.45) is 0 Å². The van der Waals surface area contributed by atoms with Gasteiger partial charge in [-0.1, -0.05) is 72.8 Å². The van der Waals surface area contributed by atoms with Gasteiger partial charge in [0.1, 0.15) is 12.1 Å². The summed E-state index contributed by atoms with van der Waals surface area (Å²) in [4.78, 5) is 52.3. The van der Waals surface area contributed by atoms with Crippen molar-refractivity contribution in [3.8, 4) is 11.1 Å². The molecule has 3 atom stereocenters. The maximum Gasteiger partial charge on any atom is 0.326 e. The average molecular weight is 560 g/mol. The highest BCUT2D eigenvalue weighted by Gasteiger charge is 2.30. The van der Waals surface area contributed by atoms with Crippen LogP contribution in [0.25, 0.3) is 22.0 Å². The molecule has 3 aromatic carbocycles. The largest absolute Gasteiger partial charge is 0.481 e. The molecule has 0 fully saturated rings. The molecule has 0 aliphatic rings. The molecule has 0 saturated carbocycles. The lowest BCUT2D eigenvalue weighted by Gasteiger charge is -2.22. The molecule has 2 amide bonds. The first-order chi connectivity index (χ1) is 19.2. The Morgan fingerprint density at radius 1 is 0.750 bits per heavy atom. The maximum atomic E-state index is 13.0. The van der Waals surface area contributed by atoms with Crippen LogP contribution in [0.5, 0.6) is 0 Å². The van der Waals surface area contributed by atoms with E-state index in [0.717, 1.165) is 27.6 Å². The number of H-pyrrole nitrogens is 1. The number of rotatable bonds is 12. The Kier molecular flexibility index (Phi) is 9.23. The third-order valence-corrected chi connectivity index (χ3v) is 6.94. The number of aliphatic carboxylic acids is 2. The summed E-state index contributed by atoms with van der Waals surface area (Å²) in [6, 6.07) is 22.0. The van der Waals surface area contributed by atoms with Crippen molar-refractivity contribution in [2.75, 3.05) is 0 Å². The van der Waals surface area contributed by atoms with E-state index < -0.39 is 47.5 Å². The van der Waals surface area contributed by atoms with E-state index in [1.54, 1.807) is 6.20 Å². The predicted octanol–water partition coefficient (Wildman–Crippen LogP) is 3.45. The van der Waals surface area contributed by atoms with Gasteiger partial charge in [-0.25, -0.2) is 4.79 Å². The monoisotopic (exact) mass is 559 g/mol. The highest BCUT2D eigenvalue weighted by molar-refractivity contribution is 7.81. The zero-order valence-corrected chi connectivity index (χ0v) is 22.3. The van der Waals surface area contributed by atoms with Gasteiger partial charge in [0.05, 0.1) is 11.7 Å². The van der Waals surface area contributed by atoms with Gasteiger partial charge in [-0.3, -0.25) is 14.4 Å². The Bertz CT molecular complexity index is 1500. The molecule has 0 aliphatic heterocycles. The summed E-state index contributed by atoms with van der Waals surface area (Å²) in [7, 11) is 0. The Hall–Kier alpha value is -4.57. The first-order valence-electron chi connectivity index (χ1n) is 12.6. The number of carbonyl (C=O) groups is 4. The van der Waals surface area contributed by atoms with Crippen molar-refractivity contribution < 1.29 is 29.4 Å². The molecule has 5 N–H and O–H groups in total. The van der Waals surface area contributed by atoms with Crippen molar-refractivity contribution in [2.45, 2.75) is 36.6 Å². The van der Waals surface area contributed by atoms with Crippen molar-refractivity contribution in [3.05, 3.63) is 96.2 Å². The molecular weight excluding hydrogens is 530 g/mol. The summed E-state index contributed by atoms with van der Waals surface area (Å²) < 4.78 is 0. The Morgan fingerprint density at radius 2 is 1.38 bits per heavy atom. The average Bonchev–Trinajstić information content (AvgIpc) is 3.35. The molecule has 0 bridgehead atoms. The highest BCUT2D eigenvalue weighted by atomic mass is 32.1. The van der Waals surface area contributed by atoms with Gasteiger partial charge in [0, 0.05) is 23.5 Å². The molecule has 4 aromatic rings.